The highest BCUT2D eigenvalue weighted by Gasteiger charge is 2.17. The van der Waals surface area contributed by atoms with E-state index in [-0.39, 0.29) is 25.2 Å². The Bertz CT molecular complexity index is 1010. The maximum absolute atomic E-state index is 12.7. The summed E-state index contributed by atoms with van der Waals surface area (Å²) in [5, 5.41) is 0. The van der Waals surface area contributed by atoms with Gasteiger partial charge in [-0.15, -0.1) is 0 Å². The van der Waals surface area contributed by atoms with Crippen molar-refractivity contribution in [2.24, 2.45) is 0 Å². The fourth-order valence-electron chi connectivity index (χ4n) is 6.73. The van der Waals surface area contributed by atoms with E-state index in [1.54, 1.807) is 0 Å². The Morgan fingerprint density at radius 3 is 1.21 bits per heavy atom. The zero-order chi connectivity index (χ0) is 42.1. The highest BCUT2D eigenvalue weighted by molar-refractivity contribution is 5.70. The van der Waals surface area contributed by atoms with Gasteiger partial charge in [-0.05, 0) is 103 Å². The molecule has 0 bridgehead atoms. The quantitative estimate of drug-likeness (QED) is 0.0348. The Morgan fingerprint density at radius 1 is 0.379 bits per heavy atom. The molecule has 0 aliphatic carbocycles. The largest absolute Gasteiger partial charge is 0.462 e. The first kappa shape index (κ1) is 55.6. The van der Waals surface area contributed by atoms with Crippen molar-refractivity contribution < 1.29 is 23.8 Å². The van der Waals surface area contributed by atoms with Crippen molar-refractivity contribution in [2.75, 3.05) is 19.8 Å². The van der Waals surface area contributed by atoms with Gasteiger partial charge in [0, 0.05) is 19.4 Å². The second-order valence-electron chi connectivity index (χ2n) is 16.4. The van der Waals surface area contributed by atoms with Crippen LogP contribution in [0.5, 0.6) is 0 Å². The van der Waals surface area contributed by atoms with Crippen molar-refractivity contribution in [2.45, 2.75) is 245 Å². The van der Waals surface area contributed by atoms with Gasteiger partial charge in [0.05, 0.1) is 6.61 Å². The number of ether oxygens (including phenoxy) is 3. The lowest BCUT2D eigenvalue weighted by atomic mass is 10.1. The van der Waals surface area contributed by atoms with Crippen LogP contribution in [0.15, 0.2) is 60.8 Å². The first-order valence-corrected chi connectivity index (χ1v) is 24.8. The van der Waals surface area contributed by atoms with Crippen molar-refractivity contribution >= 4 is 11.9 Å². The summed E-state index contributed by atoms with van der Waals surface area (Å²) in [6.45, 7) is 7.70. The molecule has 0 saturated carbocycles. The predicted octanol–water partition coefficient (Wildman–Crippen LogP) is 16.6. The molecule has 5 heteroatoms. The number of hydrogen-bond donors (Lipinski definition) is 0. The second-order valence-corrected chi connectivity index (χ2v) is 16.4. The van der Waals surface area contributed by atoms with E-state index < -0.39 is 6.10 Å². The van der Waals surface area contributed by atoms with Gasteiger partial charge in [-0.2, -0.15) is 0 Å². The van der Waals surface area contributed by atoms with Gasteiger partial charge < -0.3 is 14.2 Å². The highest BCUT2D eigenvalue weighted by atomic mass is 16.6. The molecule has 336 valence electrons. The van der Waals surface area contributed by atoms with Gasteiger partial charge >= 0.3 is 11.9 Å². The van der Waals surface area contributed by atoms with Crippen molar-refractivity contribution in [1.29, 1.82) is 0 Å². The minimum absolute atomic E-state index is 0.0697. The zero-order valence-electron chi connectivity index (χ0n) is 38.6. The van der Waals surface area contributed by atoms with Gasteiger partial charge in [0.15, 0.2) is 6.10 Å². The third-order valence-corrected chi connectivity index (χ3v) is 10.5. The van der Waals surface area contributed by atoms with Crippen LogP contribution in [-0.4, -0.2) is 37.9 Å². The van der Waals surface area contributed by atoms with E-state index in [4.69, 9.17) is 14.2 Å². The summed E-state index contributed by atoms with van der Waals surface area (Å²) in [7, 11) is 0. The van der Waals surface area contributed by atoms with Crippen LogP contribution >= 0.6 is 0 Å². The predicted molar refractivity (Wildman–Crippen MR) is 251 cm³/mol. The Balaban J connectivity index is 4.29. The van der Waals surface area contributed by atoms with Crippen LogP contribution < -0.4 is 0 Å². The third kappa shape index (κ3) is 46.3. The van der Waals surface area contributed by atoms with Crippen LogP contribution in [0.1, 0.15) is 239 Å². The maximum Gasteiger partial charge on any atom is 0.306 e. The van der Waals surface area contributed by atoms with Crippen molar-refractivity contribution in [3.63, 3.8) is 0 Å². The summed E-state index contributed by atoms with van der Waals surface area (Å²) in [6, 6.07) is 0. The zero-order valence-corrected chi connectivity index (χ0v) is 38.6. The van der Waals surface area contributed by atoms with Crippen LogP contribution in [-0.2, 0) is 23.8 Å². The molecule has 0 amide bonds. The minimum Gasteiger partial charge on any atom is -0.462 e. The van der Waals surface area contributed by atoms with E-state index in [1.807, 2.05) is 0 Å². The average Bonchev–Trinajstić information content (AvgIpc) is 3.22. The van der Waals surface area contributed by atoms with Crippen LogP contribution in [0, 0.1) is 0 Å². The Labute approximate surface area is 360 Å². The number of carbonyl (C=O) groups excluding carboxylic acids is 2. The molecule has 0 aromatic rings. The molecule has 1 atom stereocenters. The molecule has 0 aromatic heterocycles. The normalized spacial score (nSPS) is 12.7. The van der Waals surface area contributed by atoms with Gasteiger partial charge in [-0.1, -0.05) is 184 Å². The molecule has 58 heavy (non-hydrogen) atoms. The number of carbonyl (C=O) groups is 2. The van der Waals surface area contributed by atoms with Crippen LogP contribution in [0.2, 0.25) is 0 Å². The van der Waals surface area contributed by atoms with Gasteiger partial charge in [0.2, 0.25) is 0 Å². The number of allylic oxidation sites excluding steroid dienone is 10. The Morgan fingerprint density at radius 2 is 0.741 bits per heavy atom. The lowest BCUT2D eigenvalue weighted by Crippen LogP contribution is -2.30. The summed E-state index contributed by atoms with van der Waals surface area (Å²) in [6.07, 6.45) is 60.7. The molecule has 0 N–H and O–H groups in total. The molecule has 0 fully saturated rings. The van der Waals surface area contributed by atoms with Gasteiger partial charge in [-0.25, -0.2) is 0 Å². The molecule has 0 aromatic carbocycles. The van der Waals surface area contributed by atoms with Crippen LogP contribution in [0.25, 0.3) is 0 Å². The lowest BCUT2D eigenvalue weighted by Gasteiger charge is -2.18. The van der Waals surface area contributed by atoms with E-state index in [2.05, 4.69) is 81.5 Å². The van der Waals surface area contributed by atoms with Gasteiger partial charge in [0.1, 0.15) is 6.61 Å². The molecular weight excluding hydrogens is 717 g/mol. The number of esters is 2. The van der Waals surface area contributed by atoms with Gasteiger partial charge in [-0.3, -0.25) is 9.59 Å². The van der Waals surface area contributed by atoms with E-state index in [0.717, 1.165) is 77.0 Å². The van der Waals surface area contributed by atoms with Crippen LogP contribution in [0.3, 0.4) is 0 Å². The standard InChI is InChI=1S/C53H94O5/c1-4-7-10-13-16-19-22-24-26-28-30-33-36-39-42-45-48-56-49-51(58-53(55)47-44-41-38-35-31-21-18-15-12-9-6-3)50-57-52(54)46-43-40-37-34-32-29-27-25-23-20-17-14-11-8-5-2/h15-20,24-27,51H,4-14,21-23,28-50H2,1-3H3/b18-15-,19-16-,20-17-,26-24-,27-25-. The first-order valence-electron chi connectivity index (χ1n) is 24.8. The number of hydrogen-bond acceptors (Lipinski definition) is 5. The van der Waals surface area contributed by atoms with Crippen molar-refractivity contribution in [1.82, 2.24) is 0 Å². The molecule has 0 radical (unpaired) electrons. The van der Waals surface area contributed by atoms with Gasteiger partial charge in [0.25, 0.3) is 0 Å². The summed E-state index contributed by atoms with van der Waals surface area (Å²) in [4.78, 5) is 25.3. The fraction of sp³-hybridized carbons (Fsp3) is 0.774. The topological polar surface area (TPSA) is 61.8 Å². The molecule has 0 spiro atoms. The molecule has 5 nitrogen and oxygen atoms in total. The SMILES string of the molecule is CCCC/C=C\CCCCCCCC(=O)OC(COCCCCCCCC/C=C\C/C=C\CCCCC)COC(=O)CCCCCCC/C=C\C/C=C\CCCCC. The van der Waals surface area contributed by atoms with Crippen molar-refractivity contribution in [3.8, 4) is 0 Å². The molecule has 1 unspecified atom stereocenters. The van der Waals surface area contributed by atoms with E-state index in [1.165, 1.54) is 128 Å². The lowest BCUT2D eigenvalue weighted by molar-refractivity contribution is -0.163. The fourth-order valence-corrected chi connectivity index (χ4v) is 6.73. The molecular formula is C53H94O5. The molecule has 0 aliphatic heterocycles. The Hall–Kier alpha value is -2.40. The summed E-state index contributed by atoms with van der Waals surface area (Å²) in [5.74, 6) is -0.428. The monoisotopic (exact) mass is 811 g/mol. The van der Waals surface area contributed by atoms with Crippen molar-refractivity contribution in [3.05, 3.63) is 60.8 Å². The summed E-state index contributed by atoms with van der Waals surface area (Å²) < 4.78 is 17.3. The van der Waals surface area contributed by atoms with E-state index >= 15 is 0 Å². The average molecular weight is 811 g/mol. The molecule has 0 heterocycles. The number of rotatable bonds is 45. The maximum atomic E-state index is 12.7. The molecule has 0 aliphatic rings. The third-order valence-electron chi connectivity index (χ3n) is 10.5. The van der Waals surface area contributed by atoms with E-state index in [0.29, 0.717) is 19.4 Å². The number of unbranched alkanes of at least 4 members (excludes halogenated alkanes) is 24. The summed E-state index contributed by atoms with van der Waals surface area (Å²) in [5.41, 5.74) is 0. The second kappa shape index (κ2) is 49.0. The summed E-state index contributed by atoms with van der Waals surface area (Å²) >= 11 is 0. The highest BCUT2D eigenvalue weighted by Crippen LogP contribution is 2.13. The molecule has 0 saturated heterocycles. The minimum atomic E-state index is -0.551. The van der Waals surface area contributed by atoms with E-state index in [9.17, 15) is 9.59 Å². The smallest absolute Gasteiger partial charge is 0.306 e. The van der Waals surface area contributed by atoms with Crippen LogP contribution in [0.4, 0.5) is 0 Å². The Kier molecular flexibility index (Phi) is 46.9. The first-order chi connectivity index (χ1) is 28.6. The molecule has 0 rings (SSSR count).